The largest absolute Gasteiger partial charge is 0.389 e. The molecular formula is C11H24N2O2. The molecule has 90 valence electrons. The van der Waals surface area contributed by atoms with Gasteiger partial charge in [0.1, 0.15) is 0 Å². The summed E-state index contributed by atoms with van der Waals surface area (Å²) < 4.78 is 5.39. The Bertz CT molecular complexity index is 150. The van der Waals surface area contributed by atoms with Crippen LogP contribution < -0.4 is 5.32 Å². The number of β-amino-alcohol motifs (C(OH)–C–C–N with tert-alkyl or cyclic N) is 1. The number of nitrogens with one attached hydrogen (secondary N) is 1. The highest BCUT2D eigenvalue weighted by Crippen LogP contribution is 1.97. The molecule has 0 aromatic rings. The lowest BCUT2D eigenvalue weighted by molar-refractivity contribution is 0.0140. The summed E-state index contributed by atoms with van der Waals surface area (Å²) in [6.07, 6.45) is 1.90. The van der Waals surface area contributed by atoms with Crippen molar-refractivity contribution in [1.82, 2.24) is 10.2 Å². The van der Waals surface area contributed by atoms with Crippen LogP contribution in [0.4, 0.5) is 0 Å². The van der Waals surface area contributed by atoms with Crippen LogP contribution in [0, 0.1) is 0 Å². The second-order valence-electron chi connectivity index (χ2n) is 4.13. The molecular weight excluding hydrogens is 192 g/mol. The van der Waals surface area contributed by atoms with Crippen molar-refractivity contribution < 1.29 is 9.84 Å². The molecule has 0 aromatic carbocycles. The third-order valence-corrected chi connectivity index (χ3v) is 2.63. The molecule has 1 rings (SSSR count). The monoisotopic (exact) mass is 216 g/mol. The SMILES string of the molecule is CCCCOCC(O)CN1CCNCC1. The van der Waals surface area contributed by atoms with Gasteiger partial charge in [0.25, 0.3) is 0 Å². The van der Waals surface area contributed by atoms with Crippen LogP contribution >= 0.6 is 0 Å². The van der Waals surface area contributed by atoms with Crippen LogP contribution in [0.2, 0.25) is 0 Å². The molecule has 1 aliphatic heterocycles. The summed E-state index contributed by atoms with van der Waals surface area (Å²) >= 11 is 0. The van der Waals surface area contributed by atoms with Gasteiger partial charge >= 0.3 is 0 Å². The van der Waals surface area contributed by atoms with E-state index in [4.69, 9.17) is 4.74 Å². The van der Waals surface area contributed by atoms with Gasteiger partial charge in [0.2, 0.25) is 0 Å². The van der Waals surface area contributed by atoms with E-state index in [1.165, 1.54) is 0 Å². The summed E-state index contributed by atoms with van der Waals surface area (Å²) in [5.41, 5.74) is 0. The van der Waals surface area contributed by atoms with Gasteiger partial charge in [0, 0.05) is 39.3 Å². The van der Waals surface area contributed by atoms with Gasteiger partial charge in [0.05, 0.1) is 12.7 Å². The number of unbranched alkanes of at least 4 members (excludes halogenated alkanes) is 1. The van der Waals surface area contributed by atoms with E-state index >= 15 is 0 Å². The van der Waals surface area contributed by atoms with Gasteiger partial charge in [-0.2, -0.15) is 0 Å². The first-order valence-electron chi connectivity index (χ1n) is 6.01. The van der Waals surface area contributed by atoms with Gasteiger partial charge in [-0.05, 0) is 6.42 Å². The number of hydrogen-bond acceptors (Lipinski definition) is 4. The van der Waals surface area contributed by atoms with E-state index in [2.05, 4.69) is 17.1 Å². The van der Waals surface area contributed by atoms with Gasteiger partial charge in [-0.3, -0.25) is 4.90 Å². The molecule has 1 aliphatic rings. The highest BCUT2D eigenvalue weighted by atomic mass is 16.5. The molecule has 0 saturated carbocycles. The summed E-state index contributed by atoms with van der Waals surface area (Å²) in [6, 6.07) is 0. The van der Waals surface area contributed by atoms with E-state index in [-0.39, 0.29) is 6.10 Å². The lowest BCUT2D eigenvalue weighted by atomic mass is 10.3. The first-order chi connectivity index (χ1) is 7.33. The van der Waals surface area contributed by atoms with Crippen LogP contribution in [0.15, 0.2) is 0 Å². The quantitative estimate of drug-likeness (QED) is 0.591. The second-order valence-corrected chi connectivity index (χ2v) is 4.13. The van der Waals surface area contributed by atoms with Gasteiger partial charge in [-0.25, -0.2) is 0 Å². The van der Waals surface area contributed by atoms with Crippen LogP contribution in [-0.4, -0.2) is 62.0 Å². The molecule has 1 atom stereocenters. The number of rotatable bonds is 7. The lowest BCUT2D eigenvalue weighted by Gasteiger charge is -2.28. The van der Waals surface area contributed by atoms with Crippen molar-refractivity contribution in [2.24, 2.45) is 0 Å². The fraction of sp³-hybridized carbons (Fsp3) is 1.00. The van der Waals surface area contributed by atoms with E-state index in [0.717, 1.165) is 52.2 Å². The Morgan fingerprint density at radius 1 is 1.40 bits per heavy atom. The maximum Gasteiger partial charge on any atom is 0.0900 e. The molecule has 0 amide bonds. The second kappa shape index (κ2) is 8.05. The first kappa shape index (κ1) is 12.9. The number of ether oxygens (including phenoxy) is 1. The number of aliphatic hydroxyl groups is 1. The third-order valence-electron chi connectivity index (χ3n) is 2.63. The molecule has 0 aliphatic carbocycles. The Morgan fingerprint density at radius 3 is 2.80 bits per heavy atom. The molecule has 0 aromatic heterocycles. The van der Waals surface area contributed by atoms with E-state index in [9.17, 15) is 5.11 Å². The maximum absolute atomic E-state index is 9.71. The van der Waals surface area contributed by atoms with Crippen LogP contribution in [0.5, 0.6) is 0 Å². The van der Waals surface area contributed by atoms with Crippen molar-refractivity contribution in [3.05, 3.63) is 0 Å². The maximum atomic E-state index is 9.71. The molecule has 4 nitrogen and oxygen atoms in total. The molecule has 1 fully saturated rings. The predicted molar refractivity (Wildman–Crippen MR) is 61.0 cm³/mol. The highest BCUT2D eigenvalue weighted by molar-refractivity contribution is 4.70. The summed E-state index contributed by atoms with van der Waals surface area (Å²) in [5, 5.41) is 13.0. The molecule has 2 N–H and O–H groups in total. The Kier molecular flexibility index (Phi) is 6.92. The highest BCUT2D eigenvalue weighted by Gasteiger charge is 2.13. The smallest absolute Gasteiger partial charge is 0.0900 e. The molecule has 0 radical (unpaired) electrons. The fourth-order valence-electron chi connectivity index (χ4n) is 1.71. The molecule has 0 bridgehead atoms. The first-order valence-corrected chi connectivity index (χ1v) is 6.01. The van der Waals surface area contributed by atoms with E-state index in [1.54, 1.807) is 0 Å². The molecule has 4 heteroatoms. The molecule has 15 heavy (non-hydrogen) atoms. The van der Waals surface area contributed by atoms with Gasteiger partial charge in [0.15, 0.2) is 0 Å². The normalized spacial score (nSPS) is 20.4. The lowest BCUT2D eigenvalue weighted by Crippen LogP contribution is -2.47. The summed E-state index contributed by atoms with van der Waals surface area (Å²) in [6.45, 7) is 8.26. The number of nitrogens with zero attached hydrogens (tertiary/aromatic N) is 1. The van der Waals surface area contributed by atoms with Crippen LogP contribution in [-0.2, 0) is 4.74 Å². The summed E-state index contributed by atoms with van der Waals surface area (Å²) in [7, 11) is 0. The molecule has 0 spiro atoms. The van der Waals surface area contributed by atoms with Gasteiger partial charge < -0.3 is 15.2 Å². The zero-order valence-electron chi connectivity index (χ0n) is 9.74. The predicted octanol–water partition coefficient (Wildman–Crippen LogP) is 0.0692. The fourth-order valence-corrected chi connectivity index (χ4v) is 1.71. The summed E-state index contributed by atoms with van der Waals surface area (Å²) in [4.78, 5) is 2.28. The van der Waals surface area contributed by atoms with Crippen molar-refractivity contribution in [2.45, 2.75) is 25.9 Å². The average molecular weight is 216 g/mol. The molecule has 1 heterocycles. The minimum atomic E-state index is -0.333. The third kappa shape index (κ3) is 6.10. The molecule has 1 saturated heterocycles. The van der Waals surface area contributed by atoms with Gasteiger partial charge in [-0.1, -0.05) is 13.3 Å². The minimum absolute atomic E-state index is 0.333. The standard InChI is InChI=1S/C11H24N2O2/c1-2-3-8-15-10-11(14)9-13-6-4-12-5-7-13/h11-12,14H,2-10H2,1H3. The van der Waals surface area contributed by atoms with Crippen molar-refractivity contribution in [1.29, 1.82) is 0 Å². The van der Waals surface area contributed by atoms with Crippen molar-refractivity contribution in [2.75, 3.05) is 45.9 Å². The van der Waals surface area contributed by atoms with Gasteiger partial charge in [-0.15, -0.1) is 0 Å². The van der Waals surface area contributed by atoms with Crippen LogP contribution in [0.1, 0.15) is 19.8 Å². The summed E-state index contributed by atoms with van der Waals surface area (Å²) in [5.74, 6) is 0. The Morgan fingerprint density at radius 2 is 2.13 bits per heavy atom. The number of aliphatic hydroxyl groups excluding tert-OH is 1. The Labute approximate surface area is 92.6 Å². The number of hydrogen-bond donors (Lipinski definition) is 2. The minimum Gasteiger partial charge on any atom is -0.389 e. The van der Waals surface area contributed by atoms with E-state index < -0.39 is 0 Å². The zero-order valence-corrected chi connectivity index (χ0v) is 9.74. The van der Waals surface area contributed by atoms with Crippen LogP contribution in [0.3, 0.4) is 0 Å². The number of piperazine rings is 1. The Balaban J connectivity index is 1.98. The van der Waals surface area contributed by atoms with Crippen molar-refractivity contribution in [3.63, 3.8) is 0 Å². The molecule has 1 unspecified atom stereocenters. The van der Waals surface area contributed by atoms with E-state index in [1.807, 2.05) is 0 Å². The van der Waals surface area contributed by atoms with Crippen LogP contribution in [0.25, 0.3) is 0 Å². The average Bonchev–Trinajstić information content (AvgIpc) is 2.26. The topological polar surface area (TPSA) is 44.7 Å². The zero-order chi connectivity index (χ0) is 10.9. The Hall–Kier alpha value is -0.160. The van der Waals surface area contributed by atoms with Crippen molar-refractivity contribution in [3.8, 4) is 0 Å². The van der Waals surface area contributed by atoms with Crippen molar-refractivity contribution >= 4 is 0 Å². The van der Waals surface area contributed by atoms with E-state index in [0.29, 0.717) is 6.61 Å².